The predicted molar refractivity (Wildman–Crippen MR) is 163 cm³/mol. The molecule has 2 aromatic carbocycles. The van der Waals surface area contributed by atoms with Crippen molar-refractivity contribution in [2.75, 3.05) is 52.5 Å². The van der Waals surface area contributed by atoms with Crippen LogP contribution in [-0.4, -0.2) is 87.0 Å². The summed E-state index contributed by atoms with van der Waals surface area (Å²) in [7, 11) is -3.78. The van der Waals surface area contributed by atoms with Crippen LogP contribution in [0.1, 0.15) is 62.5 Å². The average Bonchev–Trinajstić information content (AvgIpc) is 3.66. The van der Waals surface area contributed by atoms with Gasteiger partial charge in [0.25, 0.3) is 0 Å². The summed E-state index contributed by atoms with van der Waals surface area (Å²) in [5.41, 5.74) is 1.50. The average molecular weight is 620 g/mol. The van der Waals surface area contributed by atoms with E-state index in [1.165, 1.54) is 36.3 Å². The van der Waals surface area contributed by atoms with Crippen LogP contribution in [-0.2, 0) is 25.0 Å². The number of hydrogen-bond donors (Lipinski definition) is 0. The molecule has 1 amide bonds. The lowest BCUT2D eigenvalue weighted by Gasteiger charge is -2.43. The maximum atomic E-state index is 14.2. The molecule has 0 aromatic heterocycles. The first kappa shape index (κ1) is 31.4. The van der Waals surface area contributed by atoms with E-state index in [4.69, 9.17) is 16.3 Å². The summed E-state index contributed by atoms with van der Waals surface area (Å²) in [5.74, 6) is -0.312. The Morgan fingerprint density at radius 3 is 2.48 bits per heavy atom. The summed E-state index contributed by atoms with van der Waals surface area (Å²) in [5, 5.41) is 0.215. The van der Waals surface area contributed by atoms with E-state index in [-0.39, 0.29) is 52.9 Å². The zero-order valence-electron chi connectivity index (χ0n) is 24.6. The number of amides is 1. The lowest BCUT2D eigenvalue weighted by molar-refractivity contribution is -0.137. The molecule has 2 aromatic rings. The number of sulfonamides is 1. The molecule has 10 heteroatoms. The predicted octanol–water partition coefficient (Wildman–Crippen LogP) is 5.39. The number of piperidine rings is 1. The van der Waals surface area contributed by atoms with Gasteiger partial charge in [0.05, 0.1) is 11.6 Å². The largest absolute Gasteiger partial charge is 0.370 e. The Morgan fingerprint density at radius 1 is 1.10 bits per heavy atom. The van der Waals surface area contributed by atoms with Crippen molar-refractivity contribution in [2.45, 2.75) is 74.6 Å². The van der Waals surface area contributed by atoms with Crippen molar-refractivity contribution in [1.29, 1.82) is 0 Å². The van der Waals surface area contributed by atoms with Gasteiger partial charge in [0, 0.05) is 25.7 Å². The van der Waals surface area contributed by atoms with Crippen molar-refractivity contribution in [3.05, 3.63) is 64.4 Å². The highest BCUT2D eigenvalue weighted by atomic mass is 35.5. The molecule has 2 heterocycles. The SMILES string of the molecule is Cc1cccc(Cl)c1S(=O)(=O)N(CCOCC(=O)N1CCC(CCCN2CCCC2)(c2cccc(F)c2)CC1)C1CC1. The molecule has 2 aliphatic heterocycles. The van der Waals surface area contributed by atoms with E-state index < -0.39 is 10.0 Å². The molecule has 1 saturated carbocycles. The van der Waals surface area contributed by atoms with E-state index in [9.17, 15) is 17.6 Å². The Morgan fingerprint density at radius 2 is 1.81 bits per heavy atom. The minimum Gasteiger partial charge on any atom is -0.370 e. The number of halogens is 2. The van der Waals surface area contributed by atoms with Crippen molar-refractivity contribution in [1.82, 2.24) is 14.1 Å². The molecule has 42 heavy (non-hydrogen) atoms. The molecular formula is C32H43ClFN3O4S. The molecule has 0 atom stereocenters. The van der Waals surface area contributed by atoms with E-state index >= 15 is 0 Å². The first-order chi connectivity index (χ1) is 20.2. The number of carbonyl (C=O) groups excluding carboxylic acids is 1. The molecule has 230 valence electrons. The molecule has 0 bridgehead atoms. The highest BCUT2D eigenvalue weighted by Crippen LogP contribution is 2.40. The monoisotopic (exact) mass is 619 g/mol. The third-order valence-electron chi connectivity index (χ3n) is 9.20. The van der Waals surface area contributed by atoms with Gasteiger partial charge in [0.2, 0.25) is 15.9 Å². The van der Waals surface area contributed by atoms with Crippen molar-refractivity contribution >= 4 is 27.5 Å². The van der Waals surface area contributed by atoms with Crippen LogP contribution in [0.2, 0.25) is 5.02 Å². The van der Waals surface area contributed by atoms with Crippen molar-refractivity contribution in [3.8, 4) is 0 Å². The molecule has 0 spiro atoms. The van der Waals surface area contributed by atoms with Crippen molar-refractivity contribution in [2.24, 2.45) is 0 Å². The first-order valence-corrected chi connectivity index (χ1v) is 17.1. The second-order valence-electron chi connectivity index (χ2n) is 12.1. The Balaban J connectivity index is 1.14. The topological polar surface area (TPSA) is 70.2 Å². The Kier molecular flexibility index (Phi) is 10.3. The number of likely N-dealkylation sites (tertiary alicyclic amines) is 2. The van der Waals surface area contributed by atoms with Gasteiger partial charge in [-0.3, -0.25) is 4.79 Å². The number of carbonyl (C=O) groups is 1. The summed E-state index contributed by atoms with van der Waals surface area (Å²) < 4.78 is 48.4. The first-order valence-electron chi connectivity index (χ1n) is 15.3. The molecule has 3 fully saturated rings. The van der Waals surface area contributed by atoms with Gasteiger partial charge < -0.3 is 14.5 Å². The summed E-state index contributed by atoms with van der Waals surface area (Å²) >= 11 is 6.29. The summed E-state index contributed by atoms with van der Waals surface area (Å²) in [6, 6.07) is 12.0. The van der Waals surface area contributed by atoms with E-state index in [1.807, 2.05) is 11.0 Å². The lowest BCUT2D eigenvalue weighted by atomic mass is 9.69. The van der Waals surface area contributed by atoms with Gasteiger partial charge in [0.15, 0.2) is 0 Å². The number of nitrogens with zero attached hydrogens (tertiary/aromatic N) is 3. The lowest BCUT2D eigenvalue weighted by Crippen LogP contribution is -2.46. The van der Waals surface area contributed by atoms with Gasteiger partial charge in [-0.25, -0.2) is 12.8 Å². The molecule has 0 unspecified atom stereocenters. The van der Waals surface area contributed by atoms with Gasteiger partial charge in [0.1, 0.15) is 17.3 Å². The smallest absolute Gasteiger partial charge is 0.248 e. The Bertz CT molecular complexity index is 1320. The summed E-state index contributed by atoms with van der Waals surface area (Å²) in [6.45, 7) is 6.54. The van der Waals surface area contributed by atoms with Gasteiger partial charge in [-0.1, -0.05) is 35.9 Å². The van der Waals surface area contributed by atoms with Crippen LogP contribution < -0.4 is 0 Å². The van der Waals surface area contributed by atoms with Crippen LogP contribution in [0.25, 0.3) is 0 Å². The second kappa shape index (κ2) is 13.7. The van der Waals surface area contributed by atoms with E-state index in [1.54, 1.807) is 37.3 Å². The fourth-order valence-corrected chi connectivity index (χ4v) is 9.12. The fraction of sp³-hybridized carbons (Fsp3) is 0.594. The highest BCUT2D eigenvalue weighted by Gasteiger charge is 2.40. The van der Waals surface area contributed by atoms with E-state index in [2.05, 4.69) is 4.90 Å². The molecule has 0 N–H and O–H groups in total. The molecule has 7 nitrogen and oxygen atoms in total. The molecule has 0 radical (unpaired) electrons. The van der Waals surface area contributed by atoms with Crippen LogP contribution in [0.15, 0.2) is 47.4 Å². The molecule has 1 aliphatic carbocycles. The van der Waals surface area contributed by atoms with Gasteiger partial charge in [-0.2, -0.15) is 4.31 Å². The molecule has 3 aliphatic rings. The van der Waals surface area contributed by atoms with Gasteiger partial charge in [-0.15, -0.1) is 0 Å². The number of rotatable bonds is 13. The quantitative estimate of drug-likeness (QED) is 0.281. The minimum absolute atomic E-state index is 0.0616. The standard InChI is InChI=1S/C32H43ClFN3O4S/c1-25-7-4-10-29(33)31(25)42(39,40)37(28-11-12-28)21-22-41-24-30(38)36-19-14-32(15-20-36,26-8-5-9-27(34)23-26)13-6-18-35-16-2-3-17-35/h4-5,7-10,23,28H,2-3,6,11-22,24H2,1H3. The third kappa shape index (κ3) is 7.36. The van der Waals surface area contributed by atoms with Gasteiger partial charge >= 0.3 is 0 Å². The molecule has 2 saturated heterocycles. The minimum atomic E-state index is -3.78. The van der Waals surface area contributed by atoms with E-state index in [0.29, 0.717) is 18.7 Å². The molecule has 5 rings (SSSR count). The number of benzene rings is 2. The van der Waals surface area contributed by atoms with Crippen LogP contribution in [0, 0.1) is 12.7 Å². The van der Waals surface area contributed by atoms with Crippen LogP contribution >= 0.6 is 11.6 Å². The maximum Gasteiger partial charge on any atom is 0.248 e. The van der Waals surface area contributed by atoms with Gasteiger partial charge in [-0.05, 0) is 113 Å². The van der Waals surface area contributed by atoms with Crippen molar-refractivity contribution in [3.63, 3.8) is 0 Å². The van der Waals surface area contributed by atoms with Crippen LogP contribution in [0.4, 0.5) is 4.39 Å². The fourth-order valence-electron chi connectivity index (χ4n) is 6.66. The zero-order valence-corrected chi connectivity index (χ0v) is 26.1. The van der Waals surface area contributed by atoms with Crippen LogP contribution in [0.5, 0.6) is 0 Å². The number of hydrogen-bond acceptors (Lipinski definition) is 5. The summed E-state index contributed by atoms with van der Waals surface area (Å²) in [6.07, 6.45) is 7.75. The maximum absolute atomic E-state index is 14.2. The number of ether oxygens (including phenoxy) is 1. The third-order valence-corrected chi connectivity index (χ3v) is 11.8. The van der Waals surface area contributed by atoms with Crippen LogP contribution in [0.3, 0.4) is 0 Å². The Labute approximate surface area is 255 Å². The highest BCUT2D eigenvalue weighted by molar-refractivity contribution is 7.89. The normalized spacial score (nSPS) is 19.5. The second-order valence-corrected chi connectivity index (χ2v) is 14.3. The number of aryl methyl sites for hydroxylation is 1. The molecular weight excluding hydrogens is 577 g/mol. The van der Waals surface area contributed by atoms with E-state index in [0.717, 1.165) is 50.6 Å². The summed E-state index contributed by atoms with van der Waals surface area (Å²) in [4.78, 5) is 17.6. The van der Waals surface area contributed by atoms with Crippen molar-refractivity contribution < 1.29 is 22.3 Å². The zero-order chi connectivity index (χ0) is 29.7. The Hall–Kier alpha value is -2.04.